The third-order valence-electron chi connectivity index (χ3n) is 4.56. The Morgan fingerprint density at radius 1 is 0.885 bits per heavy atom. The number of carbonyl (C=O) groups is 1. The number of anilines is 1. The molecule has 0 aliphatic heterocycles. The van der Waals surface area contributed by atoms with E-state index in [0.29, 0.717) is 23.9 Å². The zero-order valence-electron chi connectivity index (χ0n) is 14.2. The third kappa shape index (κ3) is 3.22. The van der Waals surface area contributed by atoms with Crippen LogP contribution in [0, 0.1) is 0 Å². The fourth-order valence-electron chi connectivity index (χ4n) is 3.25. The van der Waals surface area contributed by atoms with Gasteiger partial charge in [0, 0.05) is 23.7 Å². The highest BCUT2D eigenvalue weighted by Gasteiger charge is 2.07. The first-order chi connectivity index (χ1) is 12.7. The summed E-state index contributed by atoms with van der Waals surface area (Å²) in [5.41, 5.74) is 1.74. The van der Waals surface area contributed by atoms with Gasteiger partial charge in [-0.05, 0) is 52.4 Å². The molecule has 0 fully saturated rings. The van der Waals surface area contributed by atoms with Gasteiger partial charge in [-0.15, -0.1) is 0 Å². The topological polar surface area (TPSA) is 62.0 Å². The van der Waals surface area contributed by atoms with Crippen molar-refractivity contribution in [3.05, 3.63) is 88.8 Å². The summed E-state index contributed by atoms with van der Waals surface area (Å²) < 4.78 is 0. The minimum absolute atomic E-state index is 0.0397. The Kier molecular flexibility index (Phi) is 4.23. The summed E-state index contributed by atoms with van der Waals surface area (Å²) in [5.74, 6) is -0.0397. The molecular formula is C22H18N2O2. The number of pyridine rings is 1. The SMILES string of the molecule is O=C(CCc1cccc2ccccc12)Nc1ccc2c(=O)[nH]ccc2c1. The summed E-state index contributed by atoms with van der Waals surface area (Å²) in [6.07, 6.45) is 2.69. The number of fused-ring (bicyclic) bond motifs is 2. The molecule has 0 bridgehead atoms. The Labute approximate surface area is 150 Å². The maximum Gasteiger partial charge on any atom is 0.255 e. The molecule has 0 spiro atoms. The Morgan fingerprint density at radius 3 is 2.65 bits per heavy atom. The Bertz CT molecular complexity index is 1160. The van der Waals surface area contributed by atoms with Crippen LogP contribution >= 0.6 is 0 Å². The van der Waals surface area contributed by atoms with Gasteiger partial charge >= 0.3 is 0 Å². The quantitative estimate of drug-likeness (QED) is 0.582. The van der Waals surface area contributed by atoms with Crippen LogP contribution in [0.3, 0.4) is 0 Å². The molecule has 1 amide bonds. The van der Waals surface area contributed by atoms with Crippen molar-refractivity contribution in [1.82, 2.24) is 4.98 Å². The third-order valence-corrected chi connectivity index (χ3v) is 4.56. The van der Waals surface area contributed by atoms with E-state index in [0.717, 1.165) is 5.39 Å². The summed E-state index contributed by atoms with van der Waals surface area (Å²) in [7, 11) is 0. The van der Waals surface area contributed by atoms with Crippen molar-refractivity contribution < 1.29 is 4.79 Å². The fraction of sp³-hybridized carbons (Fsp3) is 0.0909. The lowest BCUT2D eigenvalue weighted by molar-refractivity contribution is -0.116. The lowest BCUT2D eigenvalue weighted by Gasteiger charge is -2.08. The highest BCUT2D eigenvalue weighted by molar-refractivity contribution is 5.94. The van der Waals surface area contributed by atoms with Gasteiger partial charge in [0.15, 0.2) is 0 Å². The van der Waals surface area contributed by atoms with E-state index in [9.17, 15) is 9.59 Å². The van der Waals surface area contributed by atoms with Crippen molar-refractivity contribution >= 4 is 33.1 Å². The van der Waals surface area contributed by atoms with Crippen LogP contribution < -0.4 is 10.9 Å². The molecule has 128 valence electrons. The van der Waals surface area contributed by atoms with Crippen LogP contribution in [0.1, 0.15) is 12.0 Å². The molecule has 0 aliphatic carbocycles. The Morgan fingerprint density at radius 2 is 1.73 bits per heavy atom. The molecule has 0 atom stereocenters. The normalized spacial score (nSPS) is 10.9. The largest absolute Gasteiger partial charge is 0.329 e. The van der Waals surface area contributed by atoms with Crippen molar-refractivity contribution in [2.45, 2.75) is 12.8 Å². The van der Waals surface area contributed by atoms with E-state index in [1.807, 2.05) is 30.3 Å². The highest BCUT2D eigenvalue weighted by atomic mass is 16.1. The number of carbonyl (C=O) groups excluding carboxylic acids is 1. The average molecular weight is 342 g/mol. The van der Waals surface area contributed by atoms with E-state index in [1.165, 1.54) is 16.3 Å². The predicted octanol–water partition coefficient (Wildman–Crippen LogP) is 4.25. The lowest BCUT2D eigenvalue weighted by atomic mass is 10.0. The molecular weight excluding hydrogens is 324 g/mol. The second-order valence-corrected chi connectivity index (χ2v) is 6.30. The lowest BCUT2D eigenvalue weighted by Crippen LogP contribution is -2.13. The van der Waals surface area contributed by atoms with Crippen molar-refractivity contribution in [2.75, 3.05) is 5.32 Å². The molecule has 4 nitrogen and oxygen atoms in total. The number of nitrogens with one attached hydrogen (secondary N) is 2. The standard InChI is InChI=1S/C22H18N2O2/c25-21(11-8-16-6-3-5-15-4-1-2-7-19(15)16)24-18-9-10-20-17(14-18)12-13-23-22(20)26/h1-7,9-10,12-14H,8,11H2,(H,23,26)(H,24,25). The molecule has 0 aliphatic rings. The van der Waals surface area contributed by atoms with Crippen molar-refractivity contribution in [2.24, 2.45) is 0 Å². The minimum atomic E-state index is -0.128. The minimum Gasteiger partial charge on any atom is -0.329 e. The number of aromatic amines is 1. The van der Waals surface area contributed by atoms with Crippen LogP contribution in [0.15, 0.2) is 77.7 Å². The van der Waals surface area contributed by atoms with E-state index >= 15 is 0 Å². The maximum absolute atomic E-state index is 12.3. The number of aryl methyl sites for hydroxylation is 1. The molecule has 26 heavy (non-hydrogen) atoms. The number of H-pyrrole nitrogens is 1. The van der Waals surface area contributed by atoms with E-state index in [4.69, 9.17) is 0 Å². The zero-order chi connectivity index (χ0) is 17.9. The van der Waals surface area contributed by atoms with Gasteiger partial charge < -0.3 is 10.3 Å². The summed E-state index contributed by atoms with van der Waals surface area (Å²) in [5, 5.41) is 6.71. The number of benzene rings is 3. The second-order valence-electron chi connectivity index (χ2n) is 6.30. The zero-order valence-corrected chi connectivity index (χ0v) is 14.2. The van der Waals surface area contributed by atoms with Crippen LogP contribution in [-0.4, -0.2) is 10.9 Å². The second kappa shape index (κ2) is 6.84. The predicted molar refractivity (Wildman–Crippen MR) is 105 cm³/mol. The van der Waals surface area contributed by atoms with Gasteiger partial charge in [-0.2, -0.15) is 0 Å². The molecule has 0 saturated heterocycles. The number of aromatic nitrogens is 1. The van der Waals surface area contributed by atoms with Crippen LogP contribution in [-0.2, 0) is 11.2 Å². The first-order valence-electron chi connectivity index (χ1n) is 8.59. The van der Waals surface area contributed by atoms with E-state index < -0.39 is 0 Å². The maximum atomic E-state index is 12.3. The molecule has 0 unspecified atom stereocenters. The van der Waals surface area contributed by atoms with Crippen LogP contribution in [0.25, 0.3) is 21.5 Å². The van der Waals surface area contributed by atoms with Crippen LogP contribution in [0.4, 0.5) is 5.69 Å². The number of rotatable bonds is 4. The number of hydrogen-bond donors (Lipinski definition) is 2. The van der Waals surface area contributed by atoms with Crippen molar-refractivity contribution in [1.29, 1.82) is 0 Å². The van der Waals surface area contributed by atoms with Gasteiger partial charge in [-0.25, -0.2) is 0 Å². The molecule has 1 aromatic heterocycles. The summed E-state index contributed by atoms with van der Waals surface area (Å²) in [6, 6.07) is 21.5. The number of amides is 1. The van der Waals surface area contributed by atoms with E-state index in [2.05, 4.69) is 34.6 Å². The fourth-order valence-corrected chi connectivity index (χ4v) is 3.25. The van der Waals surface area contributed by atoms with E-state index in [1.54, 1.807) is 18.3 Å². The van der Waals surface area contributed by atoms with Crippen molar-refractivity contribution in [3.63, 3.8) is 0 Å². The number of hydrogen-bond acceptors (Lipinski definition) is 2. The Hall–Kier alpha value is -3.40. The smallest absolute Gasteiger partial charge is 0.255 e. The van der Waals surface area contributed by atoms with Crippen LogP contribution in [0.5, 0.6) is 0 Å². The van der Waals surface area contributed by atoms with Gasteiger partial charge in [-0.3, -0.25) is 9.59 Å². The molecule has 1 heterocycles. The summed E-state index contributed by atoms with van der Waals surface area (Å²) >= 11 is 0. The average Bonchev–Trinajstić information content (AvgIpc) is 2.66. The van der Waals surface area contributed by atoms with Gasteiger partial charge in [-0.1, -0.05) is 42.5 Å². The van der Waals surface area contributed by atoms with Crippen molar-refractivity contribution in [3.8, 4) is 0 Å². The van der Waals surface area contributed by atoms with E-state index in [-0.39, 0.29) is 11.5 Å². The molecule has 4 aromatic rings. The van der Waals surface area contributed by atoms with Gasteiger partial charge in [0.25, 0.3) is 5.56 Å². The molecule has 0 radical (unpaired) electrons. The molecule has 2 N–H and O–H groups in total. The van der Waals surface area contributed by atoms with Gasteiger partial charge in [0.05, 0.1) is 0 Å². The first-order valence-corrected chi connectivity index (χ1v) is 8.59. The molecule has 3 aromatic carbocycles. The van der Waals surface area contributed by atoms with Gasteiger partial charge in [0.2, 0.25) is 5.91 Å². The Balaban J connectivity index is 1.48. The first kappa shape index (κ1) is 16.1. The van der Waals surface area contributed by atoms with Gasteiger partial charge in [0.1, 0.15) is 0 Å². The molecule has 4 heteroatoms. The molecule has 0 saturated carbocycles. The molecule has 4 rings (SSSR count). The monoisotopic (exact) mass is 342 g/mol. The summed E-state index contributed by atoms with van der Waals surface area (Å²) in [6.45, 7) is 0. The van der Waals surface area contributed by atoms with Crippen LogP contribution in [0.2, 0.25) is 0 Å². The summed E-state index contributed by atoms with van der Waals surface area (Å²) in [4.78, 5) is 26.7. The highest BCUT2D eigenvalue weighted by Crippen LogP contribution is 2.20.